The van der Waals surface area contributed by atoms with Gasteiger partial charge in [-0.05, 0) is 18.9 Å². The molecule has 2 heterocycles. The molecule has 2 rings (SSSR count). The van der Waals surface area contributed by atoms with Crippen molar-refractivity contribution >= 4 is 5.91 Å². The number of amides is 1. The third-order valence-electron chi connectivity index (χ3n) is 2.84. The number of rotatable bonds is 2. The molecular formula is C11H14N2O2. The van der Waals surface area contributed by atoms with Crippen LogP contribution in [0.5, 0.6) is 0 Å². The number of likely N-dealkylation sites (tertiary alicyclic amines) is 1. The largest absolute Gasteiger partial charge is 0.448 e. The average Bonchev–Trinajstić information content (AvgIpc) is 2.82. The number of aromatic nitrogens is 1. The Morgan fingerprint density at radius 2 is 2.33 bits per heavy atom. The summed E-state index contributed by atoms with van der Waals surface area (Å²) in [7, 11) is 0. The van der Waals surface area contributed by atoms with E-state index in [0.717, 1.165) is 31.7 Å². The van der Waals surface area contributed by atoms with Crippen LogP contribution in [-0.2, 0) is 4.79 Å². The van der Waals surface area contributed by atoms with E-state index in [4.69, 9.17) is 4.42 Å². The fourth-order valence-corrected chi connectivity index (χ4v) is 1.94. The first-order valence-corrected chi connectivity index (χ1v) is 5.11. The Kier molecular flexibility index (Phi) is 2.85. The van der Waals surface area contributed by atoms with Gasteiger partial charge in [0.25, 0.3) is 0 Å². The van der Waals surface area contributed by atoms with Gasteiger partial charge in [-0.1, -0.05) is 6.58 Å². The van der Waals surface area contributed by atoms with Crippen LogP contribution in [0.2, 0.25) is 0 Å². The maximum absolute atomic E-state index is 11.3. The van der Waals surface area contributed by atoms with E-state index in [9.17, 15) is 4.79 Å². The number of nitrogens with zero attached hydrogens (tertiary/aromatic N) is 2. The molecule has 1 aliphatic heterocycles. The standard InChI is InChI=1S/C11H14N2O2/c1-2-11(14)13-5-3-9(4-6-13)10-7-12-8-15-10/h2,7-9H,1,3-6H2. The first-order valence-electron chi connectivity index (χ1n) is 5.11. The molecule has 0 aliphatic carbocycles. The Morgan fingerprint density at radius 3 is 2.87 bits per heavy atom. The highest BCUT2D eigenvalue weighted by molar-refractivity contribution is 5.87. The lowest BCUT2D eigenvalue weighted by molar-refractivity contribution is -0.127. The van der Waals surface area contributed by atoms with Crippen molar-refractivity contribution in [1.29, 1.82) is 0 Å². The van der Waals surface area contributed by atoms with E-state index < -0.39 is 0 Å². The molecule has 1 aliphatic rings. The topological polar surface area (TPSA) is 46.3 Å². The van der Waals surface area contributed by atoms with Gasteiger partial charge in [0.2, 0.25) is 5.91 Å². The van der Waals surface area contributed by atoms with Crippen LogP contribution in [0.1, 0.15) is 24.5 Å². The Labute approximate surface area is 88.6 Å². The summed E-state index contributed by atoms with van der Waals surface area (Å²) >= 11 is 0. The molecule has 0 spiro atoms. The number of carbonyl (C=O) groups is 1. The van der Waals surface area contributed by atoms with Crippen molar-refractivity contribution in [3.63, 3.8) is 0 Å². The van der Waals surface area contributed by atoms with Gasteiger partial charge in [0.15, 0.2) is 6.39 Å². The third kappa shape index (κ3) is 2.09. The minimum atomic E-state index is 0.0195. The van der Waals surface area contributed by atoms with Crippen molar-refractivity contribution in [2.75, 3.05) is 13.1 Å². The molecule has 1 amide bonds. The quantitative estimate of drug-likeness (QED) is 0.690. The van der Waals surface area contributed by atoms with E-state index in [-0.39, 0.29) is 5.91 Å². The molecule has 1 aromatic heterocycles. The summed E-state index contributed by atoms with van der Waals surface area (Å²) in [4.78, 5) is 17.1. The monoisotopic (exact) mass is 206 g/mol. The number of hydrogen-bond acceptors (Lipinski definition) is 3. The summed E-state index contributed by atoms with van der Waals surface area (Å²) in [5.74, 6) is 1.35. The van der Waals surface area contributed by atoms with Crippen LogP contribution < -0.4 is 0 Å². The molecule has 0 unspecified atom stereocenters. The Balaban J connectivity index is 1.92. The molecule has 80 valence electrons. The van der Waals surface area contributed by atoms with Gasteiger partial charge in [-0.15, -0.1) is 0 Å². The van der Waals surface area contributed by atoms with Crippen molar-refractivity contribution in [3.05, 3.63) is 31.0 Å². The van der Waals surface area contributed by atoms with Gasteiger partial charge >= 0.3 is 0 Å². The highest BCUT2D eigenvalue weighted by Gasteiger charge is 2.24. The molecular weight excluding hydrogens is 192 g/mol. The number of piperidine rings is 1. The number of oxazole rings is 1. The SMILES string of the molecule is C=CC(=O)N1CCC(c2cnco2)CC1. The molecule has 1 aromatic rings. The first-order chi connectivity index (χ1) is 7.31. The Hall–Kier alpha value is -1.58. The molecule has 1 saturated heterocycles. The van der Waals surface area contributed by atoms with Gasteiger partial charge in [0.1, 0.15) is 5.76 Å². The summed E-state index contributed by atoms with van der Waals surface area (Å²) < 4.78 is 5.26. The van der Waals surface area contributed by atoms with Crippen LogP contribution in [0.3, 0.4) is 0 Å². The minimum Gasteiger partial charge on any atom is -0.448 e. The lowest BCUT2D eigenvalue weighted by Gasteiger charge is -2.30. The predicted molar refractivity (Wildman–Crippen MR) is 55.3 cm³/mol. The summed E-state index contributed by atoms with van der Waals surface area (Å²) in [5, 5.41) is 0. The summed E-state index contributed by atoms with van der Waals surface area (Å²) in [6, 6.07) is 0. The van der Waals surface area contributed by atoms with Gasteiger partial charge in [0, 0.05) is 19.0 Å². The lowest BCUT2D eigenvalue weighted by Crippen LogP contribution is -2.36. The van der Waals surface area contributed by atoms with E-state index in [0.29, 0.717) is 5.92 Å². The van der Waals surface area contributed by atoms with E-state index in [2.05, 4.69) is 11.6 Å². The second-order valence-electron chi connectivity index (χ2n) is 3.71. The van der Waals surface area contributed by atoms with E-state index in [1.54, 1.807) is 6.20 Å². The zero-order valence-electron chi connectivity index (χ0n) is 8.56. The molecule has 15 heavy (non-hydrogen) atoms. The van der Waals surface area contributed by atoms with Crippen molar-refractivity contribution in [3.8, 4) is 0 Å². The molecule has 0 atom stereocenters. The molecule has 0 bridgehead atoms. The van der Waals surface area contributed by atoms with Gasteiger partial charge in [-0.3, -0.25) is 4.79 Å². The molecule has 0 saturated carbocycles. The van der Waals surface area contributed by atoms with Crippen molar-refractivity contribution in [2.45, 2.75) is 18.8 Å². The van der Waals surface area contributed by atoms with Crippen LogP contribution in [0.4, 0.5) is 0 Å². The van der Waals surface area contributed by atoms with Gasteiger partial charge < -0.3 is 9.32 Å². The average molecular weight is 206 g/mol. The van der Waals surface area contributed by atoms with Gasteiger partial charge in [0.05, 0.1) is 6.20 Å². The maximum atomic E-state index is 11.3. The van der Waals surface area contributed by atoms with E-state index in [1.165, 1.54) is 12.5 Å². The predicted octanol–water partition coefficient (Wildman–Crippen LogP) is 1.57. The molecule has 1 fully saturated rings. The van der Waals surface area contributed by atoms with Crippen molar-refractivity contribution in [1.82, 2.24) is 9.88 Å². The van der Waals surface area contributed by atoms with Gasteiger partial charge in [-0.2, -0.15) is 0 Å². The van der Waals surface area contributed by atoms with Crippen molar-refractivity contribution in [2.24, 2.45) is 0 Å². The fraction of sp³-hybridized carbons (Fsp3) is 0.455. The molecule has 0 radical (unpaired) electrons. The minimum absolute atomic E-state index is 0.0195. The fourth-order valence-electron chi connectivity index (χ4n) is 1.94. The van der Waals surface area contributed by atoms with Crippen LogP contribution in [0.25, 0.3) is 0 Å². The second kappa shape index (κ2) is 4.29. The molecule has 0 N–H and O–H groups in total. The number of carbonyl (C=O) groups excluding carboxylic acids is 1. The Morgan fingerprint density at radius 1 is 1.60 bits per heavy atom. The van der Waals surface area contributed by atoms with Crippen LogP contribution in [-0.4, -0.2) is 28.9 Å². The van der Waals surface area contributed by atoms with E-state index >= 15 is 0 Å². The number of hydrogen-bond donors (Lipinski definition) is 0. The van der Waals surface area contributed by atoms with Crippen LogP contribution >= 0.6 is 0 Å². The summed E-state index contributed by atoms with van der Waals surface area (Å²) in [6.45, 7) is 5.03. The van der Waals surface area contributed by atoms with Crippen LogP contribution in [0.15, 0.2) is 29.7 Å². The second-order valence-corrected chi connectivity index (χ2v) is 3.71. The maximum Gasteiger partial charge on any atom is 0.245 e. The zero-order chi connectivity index (χ0) is 10.7. The smallest absolute Gasteiger partial charge is 0.245 e. The summed E-state index contributed by atoms with van der Waals surface area (Å²) in [6.07, 6.45) is 6.46. The lowest BCUT2D eigenvalue weighted by atomic mass is 9.95. The van der Waals surface area contributed by atoms with Gasteiger partial charge in [-0.25, -0.2) is 4.98 Å². The highest BCUT2D eigenvalue weighted by atomic mass is 16.3. The third-order valence-corrected chi connectivity index (χ3v) is 2.84. The molecule has 4 heteroatoms. The Bertz CT molecular complexity index is 337. The van der Waals surface area contributed by atoms with Crippen LogP contribution in [0, 0.1) is 0 Å². The zero-order valence-corrected chi connectivity index (χ0v) is 8.56. The highest BCUT2D eigenvalue weighted by Crippen LogP contribution is 2.27. The van der Waals surface area contributed by atoms with E-state index in [1.807, 2.05) is 4.90 Å². The first kappa shape index (κ1) is 9.96. The molecule has 0 aromatic carbocycles. The normalized spacial score (nSPS) is 17.7. The summed E-state index contributed by atoms with van der Waals surface area (Å²) in [5.41, 5.74) is 0. The van der Waals surface area contributed by atoms with Crippen molar-refractivity contribution < 1.29 is 9.21 Å². The molecule has 4 nitrogen and oxygen atoms in total.